The molecule has 3 heteroatoms. The number of nitrogens with zero attached hydrogens (tertiary/aromatic N) is 1. The van der Waals surface area contributed by atoms with Crippen molar-refractivity contribution in [1.82, 2.24) is 5.32 Å². The second-order valence-electron chi connectivity index (χ2n) is 7.19. The second-order valence-corrected chi connectivity index (χ2v) is 7.19. The van der Waals surface area contributed by atoms with Crippen LogP contribution in [0.4, 0.5) is 0 Å². The highest BCUT2D eigenvalue weighted by molar-refractivity contribution is 5.82. The van der Waals surface area contributed by atoms with E-state index in [0.29, 0.717) is 17.9 Å². The maximum Gasteiger partial charge on any atom is 0.193 e. The summed E-state index contributed by atoms with van der Waals surface area (Å²) in [6.45, 7) is 4.55. The van der Waals surface area contributed by atoms with E-state index in [1.54, 1.807) is 5.57 Å². The van der Waals surface area contributed by atoms with E-state index >= 15 is 0 Å². The molecule has 3 rings (SSSR count). The van der Waals surface area contributed by atoms with E-state index in [1.165, 1.54) is 50.6 Å². The molecular weight excluding hydrogens is 270 g/mol. The number of nitrogens with one attached hydrogen (secondary N) is 1. The maximum atomic E-state index is 6.07. The van der Waals surface area contributed by atoms with Crippen molar-refractivity contribution in [2.75, 3.05) is 0 Å². The predicted octanol–water partition coefficient (Wildman–Crippen LogP) is 4.12. The first kappa shape index (κ1) is 15.6. The van der Waals surface area contributed by atoms with Crippen LogP contribution in [0.5, 0.6) is 0 Å². The smallest absolute Gasteiger partial charge is 0.193 e. The van der Waals surface area contributed by atoms with Crippen molar-refractivity contribution in [3.63, 3.8) is 0 Å². The van der Waals surface area contributed by atoms with Crippen molar-refractivity contribution in [3.8, 4) is 0 Å². The Morgan fingerprint density at radius 3 is 2.86 bits per heavy atom. The molecule has 122 valence electrons. The van der Waals surface area contributed by atoms with E-state index in [2.05, 4.69) is 36.3 Å². The third-order valence-corrected chi connectivity index (χ3v) is 5.65. The first-order valence-corrected chi connectivity index (χ1v) is 9.23. The summed E-state index contributed by atoms with van der Waals surface area (Å²) >= 11 is 0. The van der Waals surface area contributed by atoms with Gasteiger partial charge >= 0.3 is 0 Å². The van der Waals surface area contributed by atoms with Gasteiger partial charge in [-0.1, -0.05) is 45.3 Å². The molecule has 3 N–H and O–H groups in total. The highest BCUT2D eigenvalue weighted by Crippen LogP contribution is 2.49. The molecule has 0 bridgehead atoms. The number of rotatable bonds is 6. The van der Waals surface area contributed by atoms with Gasteiger partial charge in [0.05, 0.1) is 6.04 Å². The van der Waals surface area contributed by atoms with Gasteiger partial charge in [-0.05, 0) is 49.5 Å². The Labute approximate surface area is 135 Å². The zero-order valence-electron chi connectivity index (χ0n) is 14.1. The minimum Gasteiger partial charge on any atom is -0.370 e. The Bertz CT molecular complexity index is 489. The molecular formula is C19H31N3. The van der Waals surface area contributed by atoms with Crippen LogP contribution in [0.25, 0.3) is 0 Å². The van der Waals surface area contributed by atoms with E-state index in [4.69, 9.17) is 5.73 Å². The molecule has 1 heterocycles. The monoisotopic (exact) mass is 301 g/mol. The first-order chi connectivity index (χ1) is 10.7. The van der Waals surface area contributed by atoms with Gasteiger partial charge in [-0.2, -0.15) is 0 Å². The van der Waals surface area contributed by atoms with Gasteiger partial charge in [0, 0.05) is 11.6 Å². The van der Waals surface area contributed by atoms with E-state index in [9.17, 15) is 0 Å². The Morgan fingerprint density at radius 2 is 2.09 bits per heavy atom. The topological polar surface area (TPSA) is 50.4 Å². The fraction of sp³-hybridized carbons (Fsp3) is 0.737. The zero-order valence-corrected chi connectivity index (χ0v) is 14.1. The minimum absolute atomic E-state index is 0.381. The fourth-order valence-corrected chi connectivity index (χ4v) is 4.73. The number of unbranched alkanes of at least 4 members (excludes halogenated alkanes) is 1. The summed E-state index contributed by atoms with van der Waals surface area (Å²) in [4.78, 5) is 4.65. The number of allylic oxidation sites excluding steroid dienone is 3. The molecule has 0 aromatic carbocycles. The SMILES string of the molecule is CCCC=CCC1C2=C3C(CCC3N=C(N)N2)CC1CCC. The van der Waals surface area contributed by atoms with Crippen LogP contribution in [0, 0.1) is 17.8 Å². The molecule has 0 aromatic rings. The summed E-state index contributed by atoms with van der Waals surface area (Å²) in [5, 5.41) is 3.47. The highest BCUT2D eigenvalue weighted by Gasteiger charge is 2.43. The van der Waals surface area contributed by atoms with E-state index in [0.717, 1.165) is 18.3 Å². The summed E-state index contributed by atoms with van der Waals surface area (Å²) in [6.07, 6.45) is 14.8. The molecule has 1 fully saturated rings. The second kappa shape index (κ2) is 6.89. The van der Waals surface area contributed by atoms with Gasteiger partial charge < -0.3 is 11.1 Å². The number of hydrogen-bond donors (Lipinski definition) is 2. The predicted molar refractivity (Wildman–Crippen MR) is 93.5 cm³/mol. The molecule has 1 saturated carbocycles. The molecule has 0 amide bonds. The van der Waals surface area contributed by atoms with Crippen molar-refractivity contribution in [2.24, 2.45) is 28.5 Å². The fourth-order valence-electron chi connectivity index (χ4n) is 4.73. The normalized spacial score (nSPS) is 33.8. The summed E-state index contributed by atoms with van der Waals surface area (Å²) in [5.41, 5.74) is 9.13. The lowest BCUT2D eigenvalue weighted by atomic mass is 9.70. The maximum absolute atomic E-state index is 6.07. The van der Waals surface area contributed by atoms with Gasteiger partial charge in [0.15, 0.2) is 5.96 Å². The standard InChI is InChI=1S/C19H31N3/c1-3-5-6-7-9-15-13(8-4-2)12-14-10-11-16-17(14)18(15)22-19(20)21-16/h6-7,13-16H,3-5,8-12H2,1-2H3,(H3,20,21,22). The Morgan fingerprint density at radius 1 is 1.23 bits per heavy atom. The third kappa shape index (κ3) is 2.95. The number of aliphatic imine (C=N–C) groups is 1. The van der Waals surface area contributed by atoms with Crippen LogP contribution < -0.4 is 11.1 Å². The first-order valence-electron chi connectivity index (χ1n) is 9.23. The molecule has 4 unspecified atom stereocenters. The van der Waals surface area contributed by atoms with Gasteiger partial charge in [-0.25, -0.2) is 4.99 Å². The summed E-state index contributed by atoms with van der Waals surface area (Å²) in [6, 6.07) is 0.381. The largest absolute Gasteiger partial charge is 0.370 e. The lowest BCUT2D eigenvalue weighted by molar-refractivity contribution is 0.261. The van der Waals surface area contributed by atoms with Crippen molar-refractivity contribution < 1.29 is 0 Å². The average Bonchev–Trinajstić information content (AvgIpc) is 2.89. The third-order valence-electron chi connectivity index (χ3n) is 5.65. The lowest BCUT2D eigenvalue weighted by Gasteiger charge is -2.40. The molecule has 3 nitrogen and oxygen atoms in total. The van der Waals surface area contributed by atoms with Gasteiger partial charge in [-0.15, -0.1) is 0 Å². The van der Waals surface area contributed by atoms with Gasteiger partial charge in [-0.3, -0.25) is 0 Å². The summed E-state index contributed by atoms with van der Waals surface area (Å²) in [5.74, 6) is 2.83. The summed E-state index contributed by atoms with van der Waals surface area (Å²) in [7, 11) is 0. The van der Waals surface area contributed by atoms with E-state index < -0.39 is 0 Å². The van der Waals surface area contributed by atoms with Crippen LogP contribution in [0.1, 0.15) is 65.2 Å². The molecule has 0 aromatic heterocycles. The molecule has 4 atom stereocenters. The van der Waals surface area contributed by atoms with Crippen molar-refractivity contribution in [3.05, 3.63) is 23.4 Å². The van der Waals surface area contributed by atoms with E-state index in [-0.39, 0.29) is 0 Å². The van der Waals surface area contributed by atoms with Gasteiger partial charge in [0.25, 0.3) is 0 Å². The van der Waals surface area contributed by atoms with E-state index in [1.807, 2.05) is 0 Å². The highest BCUT2D eigenvalue weighted by atomic mass is 15.1. The Hall–Kier alpha value is -1.25. The number of hydrogen-bond acceptors (Lipinski definition) is 3. The minimum atomic E-state index is 0.381. The van der Waals surface area contributed by atoms with Crippen molar-refractivity contribution in [2.45, 2.75) is 71.3 Å². The number of guanidine groups is 1. The van der Waals surface area contributed by atoms with Crippen LogP contribution in [-0.4, -0.2) is 12.0 Å². The molecule has 2 aliphatic carbocycles. The zero-order chi connectivity index (χ0) is 15.5. The van der Waals surface area contributed by atoms with Crippen LogP contribution in [-0.2, 0) is 0 Å². The van der Waals surface area contributed by atoms with Crippen LogP contribution in [0.2, 0.25) is 0 Å². The van der Waals surface area contributed by atoms with Crippen LogP contribution >= 0.6 is 0 Å². The Balaban J connectivity index is 1.84. The molecule has 1 aliphatic heterocycles. The molecule has 0 spiro atoms. The average molecular weight is 301 g/mol. The molecule has 3 aliphatic rings. The molecule has 0 saturated heterocycles. The molecule has 22 heavy (non-hydrogen) atoms. The quantitative estimate of drug-likeness (QED) is 0.725. The van der Waals surface area contributed by atoms with Crippen molar-refractivity contribution in [1.29, 1.82) is 0 Å². The molecule has 0 radical (unpaired) electrons. The van der Waals surface area contributed by atoms with Gasteiger partial charge in [0.1, 0.15) is 0 Å². The lowest BCUT2D eigenvalue weighted by Crippen LogP contribution is -2.44. The van der Waals surface area contributed by atoms with Crippen LogP contribution in [0.15, 0.2) is 28.4 Å². The summed E-state index contributed by atoms with van der Waals surface area (Å²) < 4.78 is 0. The number of nitrogens with two attached hydrogens (primary N) is 1. The van der Waals surface area contributed by atoms with Crippen LogP contribution in [0.3, 0.4) is 0 Å². The Kier molecular flexibility index (Phi) is 4.90. The van der Waals surface area contributed by atoms with Crippen molar-refractivity contribution >= 4 is 5.96 Å². The van der Waals surface area contributed by atoms with Gasteiger partial charge in [0.2, 0.25) is 0 Å².